The molecule has 0 saturated carbocycles. The lowest BCUT2D eigenvalue weighted by Gasteiger charge is -2.08. The minimum Gasteiger partial charge on any atom is -0.481 e. The highest BCUT2D eigenvalue weighted by molar-refractivity contribution is 8.15. The molecular formula is C13H9F4N3O3S. The van der Waals surface area contributed by atoms with Crippen LogP contribution >= 0.6 is 11.8 Å². The number of carbonyl (C=O) groups is 2. The van der Waals surface area contributed by atoms with E-state index >= 15 is 0 Å². The normalized spacial score (nSPS) is 19.9. The molecule has 1 saturated heterocycles. The lowest BCUT2D eigenvalue weighted by molar-refractivity contribution is -0.140. The molecule has 1 aromatic carbocycles. The van der Waals surface area contributed by atoms with Crippen LogP contribution < -0.4 is 5.32 Å². The molecule has 6 nitrogen and oxygen atoms in total. The third kappa shape index (κ3) is 4.31. The molecule has 0 radical (unpaired) electrons. The molecule has 1 unspecified atom stereocenters. The molecule has 1 amide bonds. The number of carbonyl (C=O) groups excluding carboxylic acids is 1. The van der Waals surface area contributed by atoms with Crippen molar-refractivity contribution in [1.82, 2.24) is 5.32 Å². The van der Waals surface area contributed by atoms with E-state index in [4.69, 9.17) is 5.11 Å². The highest BCUT2D eigenvalue weighted by atomic mass is 32.2. The first-order valence-corrected chi connectivity index (χ1v) is 7.22. The van der Waals surface area contributed by atoms with Gasteiger partial charge in [0.2, 0.25) is 5.91 Å². The molecule has 0 aliphatic carbocycles. The summed E-state index contributed by atoms with van der Waals surface area (Å²) >= 11 is 0.815. The lowest BCUT2D eigenvalue weighted by atomic mass is 10.1. The average molecular weight is 363 g/mol. The average Bonchev–Trinajstić information content (AvgIpc) is 2.79. The van der Waals surface area contributed by atoms with Crippen molar-refractivity contribution in [3.05, 3.63) is 35.1 Å². The molecule has 1 atom stereocenters. The van der Waals surface area contributed by atoms with Crippen molar-refractivity contribution >= 4 is 35.0 Å². The molecule has 1 aliphatic heterocycles. The zero-order chi connectivity index (χ0) is 17.9. The summed E-state index contributed by atoms with van der Waals surface area (Å²) in [6.07, 6.45) is -4.48. The van der Waals surface area contributed by atoms with Gasteiger partial charge >= 0.3 is 12.1 Å². The number of thioether (sulfide) groups is 1. The molecule has 1 aliphatic rings. The summed E-state index contributed by atoms with van der Waals surface area (Å²) in [6, 6.07) is 2.71. The predicted molar refractivity (Wildman–Crippen MR) is 78.2 cm³/mol. The second-order valence-corrected chi connectivity index (χ2v) is 5.74. The molecule has 0 aromatic heterocycles. The number of amidine groups is 1. The standard InChI is InChI=1S/C13H9F4N3O3S/c14-10-6(2-1-3-7(10)13(15,16)17)5-18-20-12-19-11(23)8(24-12)4-9(21)22/h1-3,5,8H,4H2,(H,21,22)(H,19,20,23). The van der Waals surface area contributed by atoms with Crippen molar-refractivity contribution in [3.8, 4) is 0 Å². The number of nitrogens with zero attached hydrogens (tertiary/aromatic N) is 2. The Morgan fingerprint density at radius 2 is 2.12 bits per heavy atom. The minimum atomic E-state index is -4.83. The lowest BCUT2D eigenvalue weighted by Crippen LogP contribution is -2.26. The van der Waals surface area contributed by atoms with E-state index in [-0.39, 0.29) is 5.17 Å². The van der Waals surface area contributed by atoms with Gasteiger partial charge in [-0.05, 0) is 6.07 Å². The first-order valence-electron chi connectivity index (χ1n) is 6.34. The number of carboxylic acids is 1. The number of amides is 1. The summed E-state index contributed by atoms with van der Waals surface area (Å²) in [6.45, 7) is 0. The molecule has 0 spiro atoms. The van der Waals surface area contributed by atoms with Crippen molar-refractivity contribution in [1.29, 1.82) is 0 Å². The predicted octanol–water partition coefficient (Wildman–Crippen LogP) is 2.24. The SMILES string of the molecule is O=C(O)CC1SC(=NN=Cc2cccc(C(F)(F)F)c2F)NC1=O. The number of hydrogen-bond acceptors (Lipinski definition) is 5. The fourth-order valence-electron chi connectivity index (χ4n) is 1.76. The van der Waals surface area contributed by atoms with Crippen LogP contribution in [0.25, 0.3) is 0 Å². The molecule has 1 heterocycles. The molecule has 128 valence electrons. The number of carboxylic acid groups (broad SMARTS) is 1. The van der Waals surface area contributed by atoms with Gasteiger partial charge in [-0.2, -0.15) is 18.3 Å². The summed E-state index contributed by atoms with van der Waals surface area (Å²) in [5.74, 6) is -3.22. The zero-order valence-electron chi connectivity index (χ0n) is 11.7. The van der Waals surface area contributed by atoms with Gasteiger partial charge in [0.25, 0.3) is 0 Å². The van der Waals surface area contributed by atoms with Crippen LogP contribution in [0.4, 0.5) is 17.6 Å². The zero-order valence-corrected chi connectivity index (χ0v) is 12.5. The van der Waals surface area contributed by atoms with Crippen LogP contribution in [0.1, 0.15) is 17.5 Å². The highest BCUT2D eigenvalue weighted by Crippen LogP contribution is 2.32. The van der Waals surface area contributed by atoms with Crippen LogP contribution in [-0.2, 0) is 15.8 Å². The van der Waals surface area contributed by atoms with Crippen molar-refractivity contribution in [3.63, 3.8) is 0 Å². The van der Waals surface area contributed by atoms with Crippen LogP contribution in [-0.4, -0.2) is 33.6 Å². The van der Waals surface area contributed by atoms with Gasteiger partial charge in [-0.1, -0.05) is 23.9 Å². The van der Waals surface area contributed by atoms with E-state index in [1.165, 1.54) is 0 Å². The van der Waals surface area contributed by atoms with Gasteiger partial charge in [0.15, 0.2) is 5.17 Å². The molecular weight excluding hydrogens is 354 g/mol. The largest absolute Gasteiger partial charge is 0.481 e. The number of benzene rings is 1. The third-order valence-corrected chi connectivity index (χ3v) is 3.89. The van der Waals surface area contributed by atoms with Gasteiger partial charge in [-0.25, -0.2) is 4.39 Å². The summed E-state index contributed by atoms with van der Waals surface area (Å²) in [4.78, 5) is 22.0. The first-order chi connectivity index (χ1) is 11.2. The summed E-state index contributed by atoms with van der Waals surface area (Å²) < 4.78 is 51.5. The Morgan fingerprint density at radius 3 is 2.75 bits per heavy atom. The minimum absolute atomic E-state index is 0.0186. The topological polar surface area (TPSA) is 91.1 Å². The van der Waals surface area contributed by atoms with E-state index < -0.39 is 46.7 Å². The summed E-state index contributed by atoms with van der Waals surface area (Å²) in [5, 5.41) is 17.0. The Balaban J connectivity index is 2.13. The van der Waals surface area contributed by atoms with E-state index in [0.717, 1.165) is 30.1 Å². The quantitative estimate of drug-likeness (QED) is 0.488. The first kappa shape index (κ1) is 17.9. The number of aliphatic carboxylic acids is 1. The van der Waals surface area contributed by atoms with E-state index in [2.05, 4.69) is 15.5 Å². The van der Waals surface area contributed by atoms with Crippen molar-refractivity contribution in [2.24, 2.45) is 10.2 Å². The van der Waals surface area contributed by atoms with E-state index in [1.54, 1.807) is 0 Å². The number of alkyl halides is 3. The van der Waals surface area contributed by atoms with Crippen molar-refractivity contribution < 1.29 is 32.3 Å². The Bertz CT molecular complexity index is 734. The van der Waals surface area contributed by atoms with Gasteiger partial charge in [0.05, 0.1) is 18.2 Å². The number of hydrogen-bond donors (Lipinski definition) is 2. The molecule has 11 heteroatoms. The Hall–Kier alpha value is -2.43. The molecule has 2 N–H and O–H groups in total. The second kappa shape index (κ2) is 6.99. The fourth-order valence-corrected chi connectivity index (χ4v) is 2.67. The Labute approximate surface area is 136 Å². The molecule has 1 fully saturated rings. The summed E-state index contributed by atoms with van der Waals surface area (Å²) in [7, 11) is 0. The Kier molecular flexibility index (Phi) is 5.22. The van der Waals surface area contributed by atoms with Crippen LogP contribution in [0.15, 0.2) is 28.4 Å². The maximum absolute atomic E-state index is 13.7. The Morgan fingerprint density at radius 1 is 1.42 bits per heavy atom. The van der Waals surface area contributed by atoms with Crippen LogP contribution in [0.2, 0.25) is 0 Å². The molecule has 0 bridgehead atoms. The van der Waals surface area contributed by atoms with Gasteiger partial charge in [-0.3, -0.25) is 9.59 Å². The summed E-state index contributed by atoms with van der Waals surface area (Å²) in [5.41, 5.74) is -1.85. The van der Waals surface area contributed by atoms with Gasteiger partial charge in [-0.15, -0.1) is 5.10 Å². The van der Waals surface area contributed by atoms with Gasteiger partial charge in [0, 0.05) is 5.56 Å². The molecule has 2 rings (SSSR count). The fraction of sp³-hybridized carbons (Fsp3) is 0.231. The highest BCUT2D eigenvalue weighted by Gasteiger charge is 2.34. The van der Waals surface area contributed by atoms with Crippen molar-refractivity contribution in [2.45, 2.75) is 17.8 Å². The second-order valence-electron chi connectivity index (χ2n) is 4.55. The molecule has 1 aromatic rings. The van der Waals surface area contributed by atoms with E-state index in [1.807, 2.05) is 0 Å². The number of halogens is 4. The van der Waals surface area contributed by atoms with E-state index in [9.17, 15) is 27.2 Å². The van der Waals surface area contributed by atoms with Crippen LogP contribution in [0.3, 0.4) is 0 Å². The third-order valence-electron chi connectivity index (χ3n) is 2.82. The van der Waals surface area contributed by atoms with Crippen molar-refractivity contribution in [2.75, 3.05) is 0 Å². The molecule has 24 heavy (non-hydrogen) atoms. The van der Waals surface area contributed by atoms with E-state index in [0.29, 0.717) is 6.07 Å². The number of rotatable bonds is 4. The van der Waals surface area contributed by atoms with Crippen LogP contribution in [0.5, 0.6) is 0 Å². The smallest absolute Gasteiger partial charge is 0.419 e. The van der Waals surface area contributed by atoms with Gasteiger partial charge in [0.1, 0.15) is 11.1 Å². The maximum Gasteiger partial charge on any atom is 0.419 e. The number of nitrogens with one attached hydrogen (secondary N) is 1. The van der Waals surface area contributed by atoms with Gasteiger partial charge < -0.3 is 10.4 Å². The maximum atomic E-state index is 13.7. The monoisotopic (exact) mass is 363 g/mol. The van der Waals surface area contributed by atoms with Crippen LogP contribution in [0, 0.1) is 5.82 Å².